The minimum atomic E-state index is -0.504. The van der Waals surface area contributed by atoms with Crippen LogP contribution in [0.25, 0.3) is 0 Å². The van der Waals surface area contributed by atoms with Crippen LogP contribution in [-0.4, -0.2) is 58.6 Å². The maximum Gasteiger partial charge on any atom is 0.410 e. The van der Waals surface area contributed by atoms with E-state index in [4.69, 9.17) is 4.74 Å². The molecule has 1 aliphatic heterocycles. The van der Waals surface area contributed by atoms with Crippen LogP contribution in [0.4, 0.5) is 4.79 Å². The van der Waals surface area contributed by atoms with Crippen molar-refractivity contribution in [1.82, 2.24) is 14.8 Å². The molecule has 2 rings (SSSR count). The zero-order valence-corrected chi connectivity index (χ0v) is 13.6. The third kappa shape index (κ3) is 4.19. The molecule has 1 aliphatic rings. The second-order valence-electron chi connectivity index (χ2n) is 6.42. The zero-order chi connectivity index (χ0) is 16.3. The van der Waals surface area contributed by atoms with E-state index in [0.29, 0.717) is 31.9 Å². The molecule has 6 nitrogen and oxygen atoms in total. The fourth-order valence-electron chi connectivity index (χ4n) is 2.24. The Kier molecular flexibility index (Phi) is 4.68. The van der Waals surface area contributed by atoms with E-state index in [2.05, 4.69) is 4.98 Å². The molecule has 0 radical (unpaired) electrons. The van der Waals surface area contributed by atoms with Gasteiger partial charge in [0.25, 0.3) is 5.91 Å². The molecule has 1 fully saturated rings. The summed E-state index contributed by atoms with van der Waals surface area (Å²) in [6, 6.07) is 5.40. The first-order valence-corrected chi connectivity index (χ1v) is 7.47. The molecule has 0 atom stereocenters. The number of nitrogens with zero attached hydrogens (tertiary/aromatic N) is 3. The number of piperazine rings is 1. The molecular weight excluding hydrogens is 282 g/mol. The average molecular weight is 305 g/mol. The summed E-state index contributed by atoms with van der Waals surface area (Å²) in [5.74, 6) is -0.0902. The van der Waals surface area contributed by atoms with Crippen LogP contribution in [0.1, 0.15) is 37.0 Å². The third-order valence-corrected chi connectivity index (χ3v) is 3.33. The molecule has 2 heterocycles. The lowest BCUT2D eigenvalue weighted by Crippen LogP contribution is -2.51. The lowest BCUT2D eigenvalue weighted by molar-refractivity contribution is 0.0140. The second kappa shape index (κ2) is 6.34. The van der Waals surface area contributed by atoms with Gasteiger partial charge in [-0.3, -0.25) is 4.79 Å². The Bertz CT molecular complexity index is 558. The number of ether oxygens (including phenoxy) is 1. The van der Waals surface area contributed by atoms with Gasteiger partial charge in [-0.2, -0.15) is 0 Å². The Balaban J connectivity index is 1.92. The number of aryl methyl sites for hydroxylation is 1. The van der Waals surface area contributed by atoms with Gasteiger partial charge in [0.1, 0.15) is 11.3 Å². The molecule has 0 N–H and O–H groups in total. The third-order valence-electron chi connectivity index (χ3n) is 3.33. The average Bonchev–Trinajstić information content (AvgIpc) is 2.45. The first kappa shape index (κ1) is 16.3. The van der Waals surface area contributed by atoms with Crippen molar-refractivity contribution >= 4 is 12.0 Å². The van der Waals surface area contributed by atoms with Gasteiger partial charge in [-0.05, 0) is 39.8 Å². The number of amides is 2. The predicted molar refractivity (Wildman–Crippen MR) is 82.7 cm³/mol. The van der Waals surface area contributed by atoms with Crippen molar-refractivity contribution in [2.24, 2.45) is 0 Å². The number of carbonyl (C=O) groups excluding carboxylic acids is 2. The van der Waals surface area contributed by atoms with Crippen LogP contribution in [-0.2, 0) is 4.74 Å². The normalized spacial score (nSPS) is 15.6. The number of rotatable bonds is 1. The van der Waals surface area contributed by atoms with Gasteiger partial charge in [-0.25, -0.2) is 9.78 Å². The highest BCUT2D eigenvalue weighted by Crippen LogP contribution is 2.13. The molecule has 6 heteroatoms. The van der Waals surface area contributed by atoms with Crippen LogP contribution < -0.4 is 0 Å². The van der Waals surface area contributed by atoms with Gasteiger partial charge < -0.3 is 14.5 Å². The van der Waals surface area contributed by atoms with Crippen LogP contribution >= 0.6 is 0 Å². The fourth-order valence-corrected chi connectivity index (χ4v) is 2.24. The van der Waals surface area contributed by atoms with E-state index >= 15 is 0 Å². The van der Waals surface area contributed by atoms with E-state index in [0.717, 1.165) is 5.69 Å². The van der Waals surface area contributed by atoms with Crippen molar-refractivity contribution in [3.63, 3.8) is 0 Å². The SMILES string of the molecule is Cc1cccc(C(=O)N2CCN(C(=O)OC(C)(C)C)CC2)n1. The molecule has 0 spiro atoms. The van der Waals surface area contributed by atoms with Crippen LogP contribution in [0, 0.1) is 6.92 Å². The number of hydrogen-bond donors (Lipinski definition) is 0. The Morgan fingerprint density at radius 1 is 1.09 bits per heavy atom. The summed E-state index contributed by atoms with van der Waals surface area (Å²) in [4.78, 5) is 32.0. The maximum absolute atomic E-state index is 12.4. The monoisotopic (exact) mass is 305 g/mol. The molecule has 1 saturated heterocycles. The van der Waals surface area contributed by atoms with Crippen molar-refractivity contribution in [3.05, 3.63) is 29.6 Å². The van der Waals surface area contributed by atoms with Crippen LogP contribution in [0.5, 0.6) is 0 Å². The van der Waals surface area contributed by atoms with E-state index < -0.39 is 5.60 Å². The van der Waals surface area contributed by atoms with E-state index in [1.165, 1.54) is 0 Å². The van der Waals surface area contributed by atoms with Crippen LogP contribution in [0.3, 0.4) is 0 Å². The molecule has 2 amide bonds. The lowest BCUT2D eigenvalue weighted by Gasteiger charge is -2.35. The Hall–Kier alpha value is -2.11. The Morgan fingerprint density at radius 3 is 2.23 bits per heavy atom. The molecule has 0 unspecified atom stereocenters. The molecule has 1 aromatic rings. The molecular formula is C16H23N3O3. The summed E-state index contributed by atoms with van der Waals surface area (Å²) >= 11 is 0. The summed E-state index contributed by atoms with van der Waals surface area (Å²) in [5, 5.41) is 0. The van der Waals surface area contributed by atoms with Crippen molar-refractivity contribution in [3.8, 4) is 0 Å². The number of hydrogen-bond acceptors (Lipinski definition) is 4. The number of pyridine rings is 1. The van der Waals surface area contributed by atoms with Crippen LogP contribution in [0.15, 0.2) is 18.2 Å². The number of aromatic nitrogens is 1. The van der Waals surface area contributed by atoms with Crippen molar-refractivity contribution < 1.29 is 14.3 Å². The smallest absolute Gasteiger partial charge is 0.410 e. The Labute approximate surface area is 131 Å². The highest BCUT2D eigenvalue weighted by Gasteiger charge is 2.28. The van der Waals surface area contributed by atoms with Crippen molar-refractivity contribution in [1.29, 1.82) is 0 Å². The molecule has 0 aromatic carbocycles. The predicted octanol–water partition coefficient (Wildman–Crippen LogP) is 2.08. The summed E-state index contributed by atoms with van der Waals surface area (Å²) in [6.07, 6.45) is -0.326. The van der Waals surface area contributed by atoms with E-state index in [9.17, 15) is 9.59 Å². The van der Waals surface area contributed by atoms with Gasteiger partial charge in [0.2, 0.25) is 0 Å². The first-order valence-electron chi connectivity index (χ1n) is 7.47. The fraction of sp³-hybridized carbons (Fsp3) is 0.562. The molecule has 0 bridgehead atoms. The van der Waals surface area contributed by atoms with Crippen molar-refractivity contribution in [2.45, 2.75) is 33.3 Å². The highest BCUT2D eigenvalue weighted by molar-refractivity contribution is 5.92. The maximum atomic E-state index is 12.4. The summed E-state index contributed by atoms with van der Waals surface area (Å²) in [5.41, 5.74) is 0.763. The van der Waals surface area contributed by atoms with Gasteiger partial charge in [0, 0.05) is 31.9 Å². The quantitative estimate of drug-likeness (QED) is 0.797. The van der Waals surface area contributed by atoms with Crippen LogP contribution in [0.2, 0.25) is 0 Å². The van der Waals surface area contributed by atoms with E-state index in [1.54, 1.807) is 15.9 Å². The molecule has 0 aliphatic carbocycles. The summed E-state index contributed by atoms with van der Waals surface area (Å²) < 4.78 is 5.34. The zero-order valence-electron chi connectivity index (χ0n) is 13.6. The Morgan fingerprint density at radius 2 is 1.68 bits per heavy atom. The van der Waals surface area contributed by atoms with Gasteiger partial charge in [0.15, 0.2) is 0 Å². The second-order valence-corrected chi connectivity index (χ2v) is 6.42. The minimum absolute atomic E-state index is 0.0902. The molecule has 120 valence electrons. The standard InChI is InChI=1S/C16H23N3O3/c1-12-6-5-7-13(17-12)14(20)18-8-10-19(11-9-18)15(21)22-16(2,3)4/h5-7H,8-11H2,1-4H3. The van der Waals surface area contributed by atoms with E-state index in [1.807, 2.05) is 39.8 Å². The topological polar surface area (TPSA) is 62.7 Å². The lowest BCUT2D eigenvalue weighted by atomic mass is 10.2. The number of carbonyl (C=O) groups is 2. The van der Waals surface area contributed by atoms with Gasteiger partial charge in [0.05, 0.1) is 0 Å². The van der Waals surface area contributed by atoms with E-state index in [-0.39, 0.29) is 12.0 Å². The molecule has 22 heavy (non-hydrogen) atoms. The summed E-state index contributed by atoms with van der Waals surface area (Å²) in [7, 11) is 0. The minimum Gasteiger partial charge on any atom is -0.444 e. The summed E-state index contributed by atoms with van der Waals surface area (Å²) in [6.45, 7) is 9.33. The highest BCUT2D eigenvalue weighted by atomic mass is 16.6. The molecule has 0 saturated carbocycles. The van der Waals surface area contributed by atoms with Gasteiger partial charge in [-0.15, -0.1) is 0 Å². The molecule has 1 aromatic heterocycles. The van der Waals surface area contributed by atoms with Gasteiger partial charge >= 0.3 is 6.09 Å². The largest absolute Gasteiger partial charge is 0.444 e. The first-order chi connectivity index (χ1) is 10.3. The van der Waals surface area contributed by atoms with Crippen molar-refractivity contribution in [2.75, 3.05) is 26.2 Å². The van der Waals surface area contributed by atoms with Gasteiger partial charge in [-0.1, -0.05) is 6.07 Å².